The van der Waals surface area contributed by atoms with Crippen molar-refractivity contribution in [3.8, 4) is 5.75 Å². The zero-order valence-electron chi connectivity index (χ0n) is 10.4. The summed E-state index contributed by atoms with van der Waals surface area (Å²) in [5, 5.41) is 5.53. The number of fused-ring (bicyclic) bond motifs is 2. The molecule has 0 unspecified atom stereocenters. The van der Waals surface area contributed by atoms with E-state index in [1.165, 1.54) is 0 Å². The Morgan fingerprint density at radius 2 is 2.17 bits per heavy atom. The van der Waals surface area contributed by atoms with Gasteiger partial charge in [-0.05, 0) is 25.1 Å². The van der Waals surface area contributed by atoms with Gasteiger partial charge in [0.15, 0.2) is 0 Å². The molecule has 0 radical (unpaired) electrons. The van der Waals surface area contributed by atoms with E-state index in [4.69, 9.17) is 4.74 Å². The van der Waals surface area contributed by atoms with Crippen LogP contribution in [-0.4, -0.2) is 21.9 Å². The molecule has 2 aromatic heterocycles. The van der Waals surface area contributed by atoms with E-state index < -0.39 is 0 Å². The Morgan fingerprint density at radius 3 is 2.89 bits per heavy atom. The van der Waals surface area contributed by atoms with E-state index in [9.17, 15) is 4.79 Å². The van der Waals surface area contributed by atoms with Crippen LogP contribution < -0.4 is 10.2 Å². The fourth-order valence-electron chi connectivity index (χ4n) is 2.28. The molecule has 0 aliphatic rings. The summed E-state index contributed by atoms with van der Waals surface area (Å²) in [6.45, 7) is 1.84. The van der Waals surface area contributed by atoms with Crippen molar-refractivity contribution in [3.05, 3.63) is 34.1 Å². The Balaban J connectivity index is 2.55. The predicted octanol–water partition coefficient (Wildman–Crippen LogP) is 1.73. The molecule has 0 bridgehead atoms. The Hall–Kier alpha value is -2.30. The van der Waals surface area contributed by atoms with Crippen molar-refractivity contribution < 1.29 is 4.74 Å². The average molecular weight is 243 g/mol. The molecule has 1 N–H and O–H groups in total. The van der Waals surface area contributed by atoms with Gasteiger partial charge in [0.05, 0.1) is 23.7 Å². The highest BCUT2D eigenvalue weighted by atomic mass is 16.5. The Bertz CT molecular complexity index is 814. The number of aromatic amines is 1. The molecule has 3 rings (SSSR count). The molecule has 0 saturated heterocycles. The van der Waals surface area contributed by atoms with E-state index in [2.05, 4.69) is 10.1 Å². The van der Waals surface area contributed by atoms with Gasteiger partial charge < -0.3 is 9.72 Å². The monoisotopic (exact) mass is 243 g/mol. The van der Waals surface area contributed by atoms with Crippen molar-refractivity contribution in [3.63, 3.8) is 0 Å². The number of hydrogen-bond donors (Lipinski definition) is 1. The number of rotatable bonds is 1. The molecule has 0 atom stereocenters. The highest BCUT2D eigenvalue weighted by Gasteiger charge is 2.12. The number of nitrogens with zero attached hydrogens (tertiary/aromatic N) is 2. The first-order valence-electron chi connectivity index (χ1n) is 5.65. The summed E-state index contributed by atoms with van der Waals surface area (Å²) in [5.74, 6) is 0.675. The number of aryl methyl sites for hydroxylation is 2. The summed E-state index contributed by atoms with van der Waals surface area (Å²) < 4.78 is 6.84. The fraction of sp³-hybridized carbons (Fsp3) is 0.231. The topological polar surface area (TPSA) is 59.9 Å². The number of benzene rings is 1. The maximum absolute atomic E-state index is 12.5. The van der Waals surface area contributed by atoms with E-state index in [0.717, 1.165) is 16.9 Å². The number of nitrogens with one attached hydrogen (secondary N) is 1. The normalized spacial score (nSPS) is 11.3. The molecular formula is C13H13N3O2. The van der Waals surface area contributed by atoms with Crippen LogP contribution in [0.4, 0.5) is 0 Å². The van der Waals surface area contributed by atoms with Gasteiger partial charge in [0.1, 0.15) is 11.4 Å². The van der Waals surface area contributed by atoms with Crippen LogP contribution in [0.3, 0.4) is 0 Å². The van der Waals surface area contributed by atoms with E-state index in [-0.39, 0.29) is 5.43 Å². The zero-order valence-corrected chi connectivity index (χ0v) is 10.4. The molecule has 3 aromatic rings. The van der Waals surface area contributed by atoms with E-state index in [0.29, 0.717) is 16.5 Å². The number of H-pyrrole nitrogens is 1. The third kappa shape index (κ3) is 1.33. The van der Waals surface area contributed by atoms with Gasteiger partial charge in [-0.1, -0.05) is 0 Å². The average Bonchev–Trinajstić information content (AvgIpc) is 2.65. The second-order valence-electron chi connectivity index (χ2n) is 4.30. The standard InChI is InChI=1S/C13H13N3O2/c1-7-11-12(17)9-6-8(18-3)4-5-10(9)14-13(11)16(2)15-7/h4-6H,1-3H3,(H,14,17). The van der Waals surface area contributed by atoms with E-state index in [1.807, 2.05) is 26.1 Å². The van der Waals surface area contributed by atoms with Gasteiger partial charge in [-0.3, -0.25) is 9.48 Å². The first kappa shape index (κ1) is 10.8. The number of ether oxygens (including phenoxy) is 1. The quantitative estimate of drug-likeness (QED) is 0.708. The van der Waals surface area contributed by atoms with Gasteiger partial charge >= 0.3 is 0 Å². The second-order valence-corrected chi connectivity index (χ2v) is 4.30. The third-order valence-corrected chi connectivity index (χ3v) is 3.17. The number of aromatic nitrogens is 3. The molecule has 1 aromatic carbocycles. The lowest BCUT2D eigenvalue weighted by Crippen LogP contribution is -2.05. The summed E-state index contributed by atoms with van der Waals surface area (Å²) in [4.78, 5) is 15.7. The maximum atomic E-state index is 12.5. The maximum Gasteiger partial charge on any atom is 0.200 e. The molecule has 0 spiro atoms. The molecule has 2 heterocycles. The lowest BCUT2D eigenvalue weighted by Gasteiger charge is -2.03. The van der Waals surface area contributed by atoms with Crippen molar-refractivity contribution in [2.75, 3.05) is 7.11 Å². The minimum absolute atomic E-state index is 0.0109. The van der Waals surface area contributed by atoms with Crippen LogP contribution in [0, 0.1) is 6.92 Å². The highest BCUT2D eigenvalue weighted by molar-refractivity contribution is 5.92. The summed E-state index contributed by atoms with van der Waals surface area (Å²) in [6, 6.07) is 5.42. The SMILES string of the molecule is COc1ccc2[nH]c3c(c(C)nn3C)c(=O)c2c1. The highest BCUT2D eigenvalue weighted by Crippen LogP contribution is 2.20. The largest absolute Gasteiger partial charge is 0.497 e. The smallest absolute Gasteiger partial charge is 0.200 e. The summed E-state index contributed by atoms with van der Waals surface area (Å²) in [6.07, 6.45) is 0. The van der Waals surface area contributed by atoms with E-state index >= 15 is 0 Å². The summed E-state index contributed by atoms with van der Waals surface area (Å²) in [5.41, 5.74) is 2.26. The van der Waals surface area contributed by atoms with Crippen LogP contribution in [0.1, 0.15) is 5.69 Å². The van der Waals surface area contributed by atoms with Crippen molar-refractivity contribution in [2.45, 2.75) is 6.92 Å². The minimum Gasteiger partial charge on any atom is -0.497 e. The van der Waals surface area contributed by atoms with Crippen molar-refractivity contribution >= 4 is 21.9 Å². The molecular weight excluding hydrogens is 230 g/mol. The van der Waals surface area contributed by atoms with Crippen LogP contribution in [0.5, 0.6) is 5.75 Å². The summed E-state index contributed by atoms with van der Waals surface area (Å²) >= 11 is 0. The Labute approximate surface area is 103 Å². The van der Waals surface area contributed by atoms with Crippen LogP contribution in [0.25, 0.3) is 21.9 Å². The van der Waals surface area contributed by atoms with Crippen molar-refractivity contribution in [1.29, 1.82) is 0 Å². The van der Waals surface area contributed by atoms with Crippen molar-refractivity contribution in [1.82, 2.24) is 14.8 Å². The lowest BCUT2D eigenvalue weighted by atomic mass is 10.1. The molecule has 18 heavy (non-hydrogen) atoms. The van der Waals surface area contributed by atoms with Gasteiger partial charge in [-0.15, -0.1) is 0 Å². The van der Waals surface area contributed by atoms with Crippen LogP contribution >= 0.6 is 0 Å². The first-order valence-corrected chi connectivity index (χ1v) is 5.65. The van der Waals surface area contributed by atoms with E-state index in [1.54, 1.807) is 17.9 Å². The first-order chi connectivity index (χ1) is 8.61. The van der Waals surface area contributed by atoms with Gasteiger partial charge in [0, 0.05) is 12.4 Å². The van der Waals surface area contributed by atoms with Crippen LogP contribution in [0.15, 0.2) is 23.0 Å². The Kier molecular flexibility index (Phi) is 2.16. The number of hydrogen-bond acceptors (Lipinski definition) is 3. The second kappa shape index (κ2) is 3.60. The van der Waals surface area contributed by atoms with Crippen LogP contribution in [-0.2, 0) is 7.05 Å². The molecule has 0 amide bonds. The van der Waals surface area contributed by atoms with Gasteiger partial charge in [-0.2, -0.15) is 5.10 Å². The molecule has 0 saturated carbocycles. The third-order valence-electron chi connectivity index (χ3n) is 3.17. The van der Waals surface area contributed by atoms with Crippen molar-refractivity contribution in [2.24, 2.45) is 7.05 Å². The number of pyridine rings is 1. The molecule has 0 aliphatic heterocycles. The van der Waals surface area contributed by atoms with Gasteiger partial charge in [0.25, 0.3) is 0 Å². The fourth-order valence-corrected chi connectivity index (χ4v) is 2.28. The zero-order chi connectivity index (χ0) is 12.9. The molecule has 0 aliphatic carbocycles. The molecule has 92 valence electrons. The number of methoxy groups -OCH3 is 1. The molecule has 5 nitrogen and oxygen atoms in total. The van der Waals surface area contributed by atoms with Gasteiger partial charge in [-0.25, -0.2) is 0 Å². The summed E-state index contributed by atoms with van der Waals surface area (Å²) in [7, 11) is 3.41. The van der Waals surface area contributed by atoms with Gasteiger partial charge in [0.2, 0.25) is 5.43 Å². The molecule has 0 fully saturated rings. The molecule has 5 heteroatoms. The van der Waals surface area contributed by atoms with Crippen LogP contribution in [0.2, 0.25) is 0 Å². The lowest BCUT2D eigenvalue weighted by molar-refractivity contribution is 0.415. The predicted molar refractivity (Wildman–Crippen MR) is 70.1 cm³/mol. The minimum atomic E-state index is -0.0109. The Morgan fingerprint density at radius 1 is 1.39 bits per heavy atom.